The summed E-state index contributed by atoms with van der Waals surface area (Å²) in [5.74, 6) is -1.09. The average Bonchev–Trinajstić information content (AvgIpc) is 3.29. The summed E-state index contributed by atoms with van der Waals surface area (Å²) in [6.07, 6.45) is 32.5. The van der Waals surface area contributed by atoms with E-state index in [9.17, 15) is 44.6 Å². The van der Waals surface area contributed by atoms with E-state index < -0.39 is 75.7 Å². The number of aliphatic hydroxyl groups excluding tert-OH is 5. The smallest absolute Gasteiger partial charge is 0.462 e. The Labute approximate surface area is 394 Å². The van der Waals surface area contributed by atoms with Crippen molar-refractivity contribution in [3.8, 4) is 0 Å². The highest BCUT2D eigenvalue weighted by Crippen LogP contribution is 2.47. The van der Waals surface area contributed by atoms with Crippen LogP contribution < -0.4 is 0 Å². The molecule has 1 aliphatic carbocycles. The number of carbonyl (C=O) groups excluding carboxylic acids is 2. The molecule has 0 spiro atoms. The minimum atomic E-state index is -5.12. The van der Waals surface area contributed by atoms with Crippen molar-refractivity contribution in [2.24, 2.45) is 0 Å². The van der Waals surface area contributed by atoms with Gasteiger partial charge in [0.2, 0.25) is 0 Å². The predicted octanol–water partition coefficient (Wildman–Crippen LogP) is 11.4. The monoisotopic (exact) mass is 949 g/mol. The maximum atomic E-state index is 12.9. The summed E-state index contributed by atoms with van der Waals surface area (Å²) in [5.41, 5.74) is 0. The van der Waals surface area contributed by atoms with Gasteiger partial charge in [-0.05, 0) is 38.5 Å². The van der Waals surface area contributed by atoms with Gasteiger partial charge in [-0.15, -0.1) is 0 Å². The first-order valence-electron chi connectivity index (χ1n) is 26.5. The molecule has 6 N–H and O–H groups in total. The number of phosphoric acid groups is 1. The van der Waals surface area contributed by atoms with Gasteiger partial charge in [0.25, 0.3) is 0 Å². The van der Waals surface area contributed by atoms with E-state index in [1.54, 1.807) is 0 Å². The van der Waals surface area contributed by atoms with Crippen molar-refractivity contribution >= 4 is 19.8 Å². The maximum absolute atomic E-state index is 12.9. The van der Waals surface area contributed by atoms with Gasteiger partial charge in [-0.3, -0.25) is 18.6 Å². The van der Waals surface area contributed by atoms with E-state index in [1.807, 2.05) is 0 Å². The summed E-state index contributed by atoms with van der Waals surface area (Å²) in [5, 5.41) is 50.3. The Balaban J connectivity index is 2.38. The Morgan fingerprint density at radius 2 is 0.785 bits per heavy atom. The van der Waals surface area contributed by atoms with Gasteiger partial charge >= 0.3 is 19.8 Å². The largest absolute Gasteiger partial charge is 0.472 e. The summed E-state index contributed by atoms with van der Waals surface area (Å²) in [7, 11) is -5.12. The Kier molecular flexibility index (Phi) is 39.4. The maximum Gasteiger partial charge on any atom is 0.472 e. The van der Waals surface area contributed by atoms with Gasteiger partial charge in [0.1, 0.15) is 43.2 Å². The lowest BCUT2D eigenvalue weighted by atomic mass is 9.85. The lowest BCUT2D eigenvalue weighted by Crippen LogP contribution is -2.64. The average molecular weight is 949 g/mol. The molecule has 0 heterocycles. The zero-order valence-corrected chi connectivity index (χ0v) is 41.9. The molecule has 0 aromatic heterocycles. The molecule has 0 aromatic rings. The van der Waals surface area contributed by atoms with Crippen LogP contribution in [0.5, 0.6) is 0 Å². The van der Waals surface area contributed by atoms with E-state index in [2.05, 4.69) is 26.0 Å². The van der Waals surface area contributed by atoms with Crippen LogP contribution in [0.15, 0.2) is 12.2 Å². The number of unbranched alkanes of at least 4 members (excludes halogenated alkanes) is 31. The number of rotatable bonds is 45. The Morgan fingerprint density at radius 3 is 1.17 bits per heavy atom. The molecule has 1 aliphatic rings. The summed E-state index contributed by atoms with van der Waals surface area (Å²) in [6, 6.07) is 0. The second-order valence-electron chi connectivity index (χ2n) is 18.7. The second kappa shape index (κ2) is 41.6. The summed E-state index contributed by atoms with van der Waals surface area (Å²) in [4.78, 5) is 35.9. The second-order valence-corrected chi connectivity index (χ2v) is 20.1. The number of phosphoric ester groups is 1. The van der Waals surface area contributed by atoms with Crippen LogP contribution in [0, 0.1) is 0 Å². The van der Waals surface area contributed by atoms with Gasteiger partial charge in [-0.2, -0.15) is 0 Å². The molecule has 384 valence electrons. The fourth-order valence-electron chi connectivity index (χ4n) is 8.34. The highest BCUT2D eigenvalue weighted by atomic mass is 31.2. The van der Waals surface area contributed by atoms with Crippen LogP contribution in [0.4, 0.5) is 0 Å². The number of ether oxygens (including phenoxy) is 2. The number of carbonyl (C=O) groups is 2. The minimum Gasteiger partial charge on any atom is -0.462 e. The standard InChI is InChI=1S/C51H97O13P/c1-3-5-7-9-11-13-15-17-19-21-22-24-26-28-30-32-34-36-38-40-45(53)63-43(42-62-65(59,60)64-51-49(57)47(55)46(54)48(56)50(51)58)41-61-44(52)39-37-35-33-31-29-27-25-23-20-18-16-14-12-10-8-6-4-2/h17,19,43,46-51,54-58H,3-16,18,20-42H2,1-2H3,(H,59,60)/b19-17-. The van der Waals surface area contributed by atoms with Gasteiger partial charge < -0.3 is 39.9 Å². The molecule has 0 saturated heterocycles. The zero-order chi connectivity index (χ0) is 47.8. The highest BCUT2D eigenvalue weighted by molar-refractivity contribution is 7.47. The molecule has 1 fully saturated rings. The molecule has 6 atom stereocenters. The fourth-order valence-corrected chi connectivity index (χ4v) is 9.32. The quantitative estimate of drug-likeness (QED) is 0.0145. The number of hydrogen-bond donors (Lipinski definition) is 6. The van der Waals surface area contributed by atoms with Crippen LogP contribution in [0.2, 0.25) is 0 Å². The van der Waals surface area contributed by atoms with Crippen molar-refractivity contribution < 1.29 is 63.1 Å². The van der Waals surface area contributed by atoms with Crippen LogP contribution in [0.3, 0.4) is 0 Å². The van der Waals surface area contributed by atoms with Gasteiger partial charge in [0.05, 0.1) is 6.61 Å². The molecule has 0 radical (unpaired) electrons. The third-order valence-electron chi connectivity index (χ3n) is 12.6. The Morgan fingerprint density at radius 1 is 0.462 bits per heavy atom. The lowest BCUT2D eigenvalue weighted by Gasteiger charge is -2.41. The molecule has 14 heteroatoms. The molecular formula is C51H97O13P. The Hall–Kier alpha value is -1.41. The normalized spacial score (nSPS) is 21.4. The molecule has 0 aliphatic heterocycles. The molecule has 0 aromatic carbocycles. The van der Waals surface area contributed by atoms with Crippen LogP contribution in [0.1, 0.15) is 245 Å². The third-order valence-corrected chi connectivity index (χ3v) is 13.6. The number of esters is 2. The molecule has 0 amide bonds. The van der Waals surface area contributed by atoms with E-state index in [0.717, 1.165) is 51.4 Å². The molecule has 13 nitrogen and oxygen atoms in total. The van der Waals surface area contributed by atoms with Crippen molar-refractivity contribution in [3.63, 3.8) is 0 Å². The summed E-state index contributed by atoms with van der Waals surface area (Å²) >= 11 is 0. The molecule has 65 heavy (non-hydrogen) atoms. The van der Waals surface area contributed by atoms with Crippen molar-refractivity contribution in [2.75, 3.05) is 13.2 Å². The van der Waals surface area contributed by atoms with E-state index in [-0.39, 0.29) is 12.8 Å². The number of aliphatic hydroxyl groups is 5. The highest BCUT2D eigenvalue weighted by Gasteiger charge is 2.51. The van der Waals surface area contributed by atoms with Crippen molar-refractivity contribution in [1.29, 1.82) is 0 Å². The van der Waals surface area contributed by atoms with Crippen molar-refractivity contribution in [3.05, 3.63) is 12.2 Å². The molecular weight excluding hydrogens is 852 g/mol. The summed E-state index contributed by atoms with van der Waals surface area (Å²) < 4.78 is 33.7. The van der Waals surface area contributed by atoms with Crippen LogP contribution in [-0.4, -0.2) is 98.3 Å². The summed E-state index contributed by atoms with van der Waals surface area (Å²) in [6.45, 7) is 3.34. The van der Waals surface area contributed by atoms with Crippen LogP contribution in [-0.2, 0) is 32.7 Å². The topological polar surface area (TPSA) is 210 Å². The molecule has 0 bridgehead atoms. The van der Waals surface area contributed by atoms with Gasteiger partial charge in [-0.1, -0.05) is 206 Å². The van der Waals surface area contributed by atoms with E-state index in [0.29, 0.717) is 12.8 Å². The molecule has 1 saturated carbocycles. The number of hydrogen-bond acceptors (Lipinski definition) is 12. The first kappa shape index (κ1) is 61.6. The zero-order valence-electron chi connectivity index (χ0n) is 41.1. The minimum absolute atomic E-state index is 0.0991. The predicted molar refractivity (Wildman–Crippen MR) is 258 cm³/mol. The van der Waals surface area contributed by atoms with Crippen LogP contribution in [0.25, 0.3) is 0 Å². The third kappa shape index (κ3) is 33.7. The van der Waals surface area contributed by atoms with Crippen LogP contribution >= 0.6 is 7.82 Å². The molecule has 1 rings (SSSR count). The van der Waals surface area contributed by atoms with Crippen molar-refractivity contribution in [2.45, 2.75) is 288 Å². The van der Waals surface area contributed by atoms with Crippen molar-refractivity contribution in [1.82, 2.24) is 0 Å². The Bertz CT molecular complexity index is 1190. The van der Waals surface area contributed by atoms with Gasteiger partial charge in [-0.25, -0.2) is 4.57 Å². The first-order chi connectivity index (χ1) is 31.4. The van der Waals surface area contributed by atoms with E-state index in [4.69, 9.17) is 18.5 Å². The molecule has 6 unspecified atom stereocenters. The first-order valence-corrected chi connectivity index (χ1v) is 28.0. The lowest BCUT2D eigenvalue weighted by molar-refractivity contribution is -0.220. The fraction of sp³-hybridized carbons (Fsp3) is 0.922. The van der Waals surface area contributed by atoms with Gasteiger partial charge in [0.15, 0.2) is 6.10 Å². The SMILES string of the molecule is CCCCCCCC/C=C\CCCCCCCCCCCC(=O)OC(COC(=O)CCCCCCCCCCCCCCCCCCC)COP(=O)(O)OC1C(O)C(O)C(O)C(O)C1O. The number of allylic oxidation sites excluding steroid dienone is 2. The van der Waals surface area contributed by atoms with E-state index in [1.165, 1.54) is 154 Å². The van der Waals surface area contributed by atoms with E-state index >= 15 is 0 Å². The van der Waals surface area contributed by atoms with Gasteiger partial charge in [0, 0.05) is 12.8 Å².